The summed E-state index contributed by atoms with van der Waals surface area (Å²) >= 11 is 3.20. The van der Waals surface area contributed by atoms with Crippen molar-refractivity contribution in [1.29, 1.82) is 0 Å². The van der Waals surface area contributed by atoms with Gasteiger partial charge in [0.1, 0.15) is 0 Å². The first-order valence-corrected chi connectivity index (χ1v) is 10.6. The molecule has 2 aromatic carbocycles. The van der Waals surface area contributed by atoms with Gasteiger partial charge in [-0.1, -0.05) is 18.2 Å². The van der Waals surface area contributed by atoms with Crippen LogP contribution in [0.15, 0.2) is 46.9 Å². The molecule has 0 bridgehead atoms. The number of esters is 1. The molecule has 2 heterocycles. The largest absolute Gasteiger partial charge is 0.452 e. The van der Waals surface area contributed by atoms with E-state index in [0.29, 0.717) is 33.2 Å². The number of fused-ring (bicyclic) bond motifs is 2. The summed E-state index contributed by atoms with van der Waals surface area (Å²) in [6.07, 6.45) is 0.728. The minimum Gasteiger partial charge on any atom is -0.452 e. The number of carbonyl (C=O) groups excluding carboxylic acids is 2. The molecule has 10 heteroatoms. The molecule has 3 aromatic rings. The van der Waals surface area contributed by atoms with Gasteiger partial charge in [-0.3, -0.25) is 19.9 Å². The number of benzene rings is 2. The van der Waals surface area contributed by atoms with E-state index in [1.165, 1.54) is 18.2 Å². The van der Waals surface area contributed by atoms with Gasteiger partial charge in [-0.05, 0) is 35.1 Å². The Morgan fingerprint density at radius 2 is 2.06 bits per heavy atom. The summed E-state index contributed by atoms with van der Waals surface area (Å²) in [6, 6.07) is 11.3. The predicted octanol–water partition coefficient (Wildman–Crippen LogP) is 3.69. The fourth-order valence-electron chi connectivity index (χ4n) is 3.67. The number of carbonyl (C=O) groups is 2. The molecule has 1 aliphatic heterocycles. The Morgan fingerprint density at radius 3 is 2.81 bits per heavy atom. The number of non-ortho nitro benzene ring substituents is 1. The van der Waals surface area contributed by atoms with E-state index in [0.717, 1.165) is 24.2 Å². The molecular weight excluding hydrogens is 480 g/mol. The molecule has 1 aromatic heterocycles. The molecule has 0 unspecified atom stereocenters. The number of ether oxygens (including phenoxy) is 1. The molecule has 0 spiro atoms. The van der Waals surface area contributed by atoms with E-state index in [2.05, 4.69) is 26.1 Å². The molecule has 0 saturated heterocycles. The lowest BCUT2D eigenvalue weighted by atomic mass is 9.96. The molecule has 1 N–H and O–H groups in total. The summed E-state index contributed by atoms with van der Waals surface area (Å²) in [6.45, 7) is 0.919. The van der Waals surface area contributed by atoms with Crippen molar-refractivity contribution in [3.63, 3.8) is 0 Å². The number of halogens is 1. The molecule has 0 atom stereocenters. The summed E-state index contributed by atoms with van der Waals surface area (Å²) in [5.74, 6) is -1.15. The third kappa shape index (κ3) is 4.46. The molecule has 0 radical (unpaired) electrons. The maximum atomic E-state index is 13.0. The number of nitrogens with one attached hydrogen (secondary N) is 1. The summed E-state index contributed by atoms with van der Waals surface area (Å²) in [4.78, 5) is 42.5. The van der Waals surface area contributed by atoms with Gasteiger partial charge in [-0.25, -0.2) is 4.79 Å². The Labute approximate surface area is 191 Å². The molecule has 4 rings (SSSR count). The van der Waals surface area contributed by atoms with Gasteiger partial charge >= 0.3 is 5.97 Å². The van der Waals surface area contributed by atoms with Crippen molar-refractivity contribution in [3.8, 4) is 0 Å². The summed E-state index contributed by atoms with van der Waals surface area (Å²) in [5, 5.41) is 14.1. The highest BCUT2D eigenvalue weighted by Crippen LogP contribution is 2.29. The zero-order chi connectivity index (χ0) is 22.8. The highest BCUT2D eigenvalue weighted by Gasteiger charge is 2.26. The molecule has 1 amide bonds. The highest BCUT2D eigenvalue weighted by molar-refractivity contribution is 9.10. The normalized spacial score (nSPS) is 13.4. The SMILES string of the molecule is CN1CCc2nc3ccccc3c(C(=O)OCC(=O)Nc3ccc([N+](=O)[O-])cc3Br)c2C1. The standard InChI is InChI=1S/C22H19BrN4O5/c1-26-9-8-18-15(11-26)21(14-4-2-3-5-17(14)24-18)22(29)32-12-20(28)25-19-7-6-13(27(30)31)10-16(19)23/h2-7,10H,8-9,11-12H2,1H3,(H,25,28). The minimum absolute atomic E-state index is 0.111. The number of aromatic nitrogens is 1. The van der Waals surface area contributed by atoms with Crippen LogP contribution >= 0.6 is 15.9 Å². The number of nitrogens with zero attached hydrogens (tertiary/aromatic N) is 3. The van der Waals surface area contributed by atoms with E-state index in [-0.39, 0.29) is 5.69 Å². The van der Waals surface area contributed by atoms with Gasteiger partial charge in [-0.15, -0.1) is 0 Å². The average Bonchev–Trinajstić information content (AvgIpc) is 2.77. The third-order valence-corrected chi connectivity index (χ3v) is 5.87. The Kier molecular flexibility index (Phi) is 6.15. The fraction of sp³-hybridized carbons (Fsp3) is 0.227. The maximum Gasteiger partial charge on any atom is 0.339 e. The van der Waals surface area contributed by atoms with Gasteiger partial charge in [0.25, 0.3) is 11.6 Å². The van der Waals surface area contributed by atoms with Gasteiger partial charge in [0.2, 0.25) is 0 Å². The van der Waals surface area contributed by atoms with Gasteiger partial charge in [0.05, 0.1) is 21.7 Å². The van der Waals surface area contributed by atoms with Crippen LogP contribution in [0.5, 0.6) is 0 Å². The van der Waals surface area contributed by atoms with E-state index in [9.17, 15) is 19.7 Å². The molecule has 0 aliphatic carbocycles. The Morgan fingerprint density at radius 1 is 1.28 bits per heavy atom. The first-order chi connectivity index (χ1) is 15.3. The number of rotatable bonds is 5. The van der Waals surface area contributed by atoms with Crippen LogP contribution in [0.25, 0.3) is 10.9 Å². The Bertz CT molecular complexity index is 1250. The number of nitro benzene ring substituents is 1. The van der Waals surface area contributed by atoms with Crippen LogP contribution in [-0.4, -0.2) is 46.9 Å². The number of hydrogen-bond donors (Lipinski definition) is 1. The molecular formula is C22H19BrN4O5. The molecule has 32 heavy (non-hydrogen) atoms. The topological polar surface area (TPSA) is 115 Å². The number of hydrogen-bond acceptors (Lipinski definition) is 7. The predicted molar refractivity (Wildman–Crippen MR) is 121 cm³/mol. The quantitative estimate of drug-likeness (QED) is 0.324. The number of para-hydroxylation sites is 1. The third-order valence-electron chi connectivity index (χ3n) is 5.21. The molecule has 0 fully saturated rings. The maximum absolute atomic E-state index is 13.0. The van der Waals surface area contributed by atoms with Crippen LogP contribution in [-0.2, 0) is 22.5 Å². The molecule has 164 valence electrons. The zero-order valence-electron chi connectivity index (χ0n) is 17.1. The van der Waals surface area contributed by atoms with Crippen LogP contribution in [0, 0.1) is 10.1 Å². The van der Waals surface area contributed by atoms with E-state index in [1.54, 1.807) is 0 Å². The van der Waals surface area contributed by atoms with Gasteiger partial charge in [0, 0.05) is 52.8 Å². The molecule has 0 saturated carbocycles. The second kappa shape index (κ2) is 9.01. The van der Waals surface area contributed by atoms with E-state index < -0.39 is 23.4 Å². The summed E-state index contributed by atoms with van der Waals surface area (Å²) < 4.78 is 5.70. The van der Waals surface area contributed by atoms with Crippen LogP contribution < -0.4 is 5.32 Å². The van der Waals surface area contributed by atoms with Crippen LogP contribution in [0.4, 0.5) is 11.4 Å². The van der Waals surface area contributed by atoms with Crippen molar-refractivity contribution in [3.05, 3.63) is 73.9 Å². The second-order valence-electron chi connectivity index (χ2n) is 7.46. The van der Waals surface area contributed by atoms with Crippen molar-refractivity contribution >= 4 is 50.1 Å². The van der Waals surface area contributed by atoms with Crippen molar-refractivity contribution in [2.75, 3.05) is 25.5 Å². The smallest absolute Gasteiger partial charge is 0.339 e. The summed E-state index contributed by atoms with van der Waals surface area (Å²) in [5.41, 5.74) is 3.06. The van der Waals surface area contributed by atoms with E-state index >= 15 is 0 Å². The number of anilines is 1. The molecule has 1 aliphatic rings. The first-order valence-electron chi connectivity index (χ1n) is 9.83. The molecule has 9 nitrogen and oxygen atoms in total. The number of likely N-dealkylation sites (N-methyl/N-ethyl adjacent to an activating group) is 1. The van der Waals surface area contributed by atoms with E-state index in [4.69, 9.17) is 9.72 Å². The lowest BCUT2D eigenvalue weighted by Crippen LogP contribution is -2.30. The number of amides is 1. The van der Waals surface area contributed by atoms with Gasteiger partial charge in [0.15, 0.2) is 6.61 Å². The van der Waals surface area contributed by atoms with Gasteiger partial charge < -0.3 is 15.0 Å². The monoisotopic (exact) mass is 498 g/mol. The van der Waals surface area contributed by atoms with Crippen molar-refractivity contribution in [2.45, 2.75) is 13.0 Å². The minimum atomic E-state index is -0.590. The summed E-state index contributed by atoms with van der Waals surface area (Å²) in [7, 11) is 1.97. The van der Waals surface area contributed by atoms with Crippen molar-refractivity contribution in [1.82, 2.24) is 9.88 Å². The lowest BCUT2D eigenvalue weighted by Gasteiger charge is -2.26. The number of pyridine rings is 1. The average molecular weight is 499 g/mol. The van der Waals surface area contributed by atoms with Crippen LogP contribution in [0.1, 0.15) is 21.6 Å². The fourth-order valence-corrected chi connectivity index (χ4v) is 4.13. The van der Waals surface area contributed by atoms with Gasteiger partial charge in [-0.2, -0.15) is 0 Å². The Hall–Kier alpha value is -3.37. The van der Waals surface area contributed by atoms with Crippen LogP contribution in [0.3, 0.4) is 0 Å². The highest BCUT2D eigenvalue weighted by atomic mass is 79.9. The Balaban J connectivity index is 1.53. The first kappa shape index (κ1) is 21.8. The number of nitro groups is 1. The van der Waals surface area contributed by atoms with Crippen molar-refractivity contribution in [2.24, 2.45) is 0 Å². The van der Waals surface area contributed by atoms with Crippen molar-refractivity contribution < 1.29 is 19.2 Å². The zero-order valence-corrected chi connectivity index (χ0v) is 18.7. The van der Waals surface area contributed by atoms with E-state index in [1.807, 2.05) is 31.3 Å². The van der Waals surface area contributed by atoms with Crippen LogP contribution in [0.2, 0.25) is 0 Å². The second-order valence-corrected chi connectivity index (χ2v) is 8.32. The lowest BCUT2D eigenvalue weighted by molar-refractivity contribution is -0.384.